The van der Waals surface area contributed by atoms with E-state index in [1.54, 1.807) is 12.4 Å². The van der Waals surface area contributed by atoms with E-state index in [9.17, 15) is 4.79 Å². The number of rotatable bonds is 1. The lowest BCUT2D eigenvalue weighted by Crippen LogP contribution is -2.39. The molecule has 2 aromatic rings. The number of amides is 1. The Kier molecular flexibility index (Phi) is 3.07. The van der Waals surface area contributed by atoms with Gasteiger partial charge in [0, 0.05) is 43.1 Å². The van der Waals surface area contributed by atoms with Gasteiger partial charge in [-0.2, -0.15) is 0 Å². The van der Waals surface area contributed by atoms with Crippen molar-refractivity contribution in [3.05, 3.63) is 36.2 Å². The Morgan fingerprint density at radius 1 is 1.10 bits per heavy atom. The van der Waals surface area contributed by atoms with Gasteiger partial charge in [-0.25, -0.2) is 0 Å². The number of nitrogens with one attached hydrogen (secondary N) is 1. The van der Waals surface area contributed by atoms with E-state index in [2.05, 4.69) is 15.3 Å². The van der Waals surface area contributed by atoms with E-state index >= 15 is 0 Å². The monoisotopic (exact) mass is 282 g/mol. The summed E-state index contributed by atoms with van der Waals surface area (Å²) in [5.74, 6) is 0.108. The molecule has 0 aliphatic carbocycles. The van der Waals surface area contributed by atoms with E-state index in [0.717, 1.165) is 30.5 Å². The Morgan fingerprint density at radius 3 is 2.81 bits per heavy atom. The maximum Gasteiger partial charge on any atom is 0.253 e. The van der Waals surface area contributed by atoms with Crippen LogP contribution >= 0.6 is 0 Å². The minimum absolute atomic E-state index is 0.108. The third-order valence-corrected chi connectivity index (χ3v) is 4.53. The van der Waals surface area contributed by atoms with Crippen molar-refractivity contribution in [2.45, 2.75) is 31.3 Å². The molecule has 0 spiro atoms. The van der Waals surface area contributed by atoms with Crippen molar-refractivity contribution in [2.24, 2.45) is 0 Å². The molecule has 21 heavy (non-hydrogen) atoms. The highest BCUT2D eigenvalue weighted by atomic mass is 16.2. The van der Waals surface area contributed by atoms with Gasteiger partial charge in [-0.3, -0.25) is 14.8 Å². The van der Waals surface area contributed by atoms with Crippen molar-refractivity contribution in [3.8, 4) is 0 Å². The van der Waals surface area contributed by atoms with Crippen LogP contribution in [0.5, 0.6) is 0 Å². The first kappa shape index (κ1) is 12.7. The zero-order chi connectivity index (χ0) is 14.2. The molecule has 108 valence electrons. The quantitative estimate of drug-likeness (QED) is 0.863. The van der Waals surface area contributed by atoms with Crippen LogP contribution in [0.25, 0.3) is 11.0 Å². The van der Waals surface area contributed by atoms with Crippen LogP contribution in [0.15, 0.2) is 30.6 Å². The van der Waals surface area contributed by atoms with E-state index in [0.29, 0.717) is 17.6 Å². The van der Waals surface area contributed by atoms with Gasteiger partial charge < -0.3 is 10.2 Å². The number of carbonyl (C=O) groups excluding carboxylic acids is 1. The molecule has 1 aromatic heterocycles. The molecule has 2 unspecified atom stereocenters. The van der Waals surface area contributed by atoms with Crippen molar-refractivity contribution < 1.29 is 4.79 Å². The lowest BCUT2D eigenvalue weighted by atomic mass is 10.1. The van der Waals surface area contributed by atoms with E-state index in [4.69, 9.17) is 0 Å². The summed E-state index contributed by atoms with van der Waals surface area (Å²) >= 11 is 0. The zero-order valence-corrected chi connectivity index (χ0v) is 11.8. The van der Waals surface area contributed by atoms with Gasteiger partial charge in [0.25, 0.3) is 5.91 Å². The van der Waals surface area contributed by atoms with E-state index in [1.165, 1.54) is 12.8 Å². The van der Waals surface area contributed by atoms with Crippen LogP contribution in [0.3, 0.4) is 0 Å². The van der Waals surface area contributed by atoms with Gasteiger partial charge in [0.1, 0.15) is 0 Å². The number of aromatic nitrogens is 2. The predicted molar refractivity (Wildman–Crippen MR) is 80.0 cm³/mol. The second-order valence-electron chi connectivity index (χ2n) is 5.94. The molecule has 2 saturated heterocycles. The molecule has 1 N–H and O–H groups in total. The fourth-order valence-electron chi connectivity index (χ4n) is 3.41. The van der Waals surface area contributed by atoms with Gasteiger partial charge in [-0.15, -0.1) is 0 Å². The van der Waals surface area contributed by atoms with Crippen LogP contribution in [-0.4, -0.2) is 45.9 Å². The van der Waals surface area contributed by atoms with Gasteiger partial charge in [-0.1, -0.05) is 0 Å². The van der Waals surface area contributed by atoms with Crippen molar-refractivity contribution in [3.63, 3.8) is 0 Å². The van der Waals surface area contributed by atoms with Crippen LogP contribution in [0.4, 0.5) is 0 Å². The molecule has 4 rings (SSSR count). The molecule has 3 heterocycles. The molecule has 1 aromatic carbocycles. The molecule has 2 fully saturated rings. The molecule has 2 aliphatic heterocycles. The average molecular weight is 282 g/mol. The summed E-state index contributed by atoms with van der Waals surface area (Å²) in [6.45, 7) is 1.65. The Hall–Kier alpha value is -2.01. The summed E-state index contributed by atoms with van der Waals surface area (Å²) in [5, 5.41) is 3.60. The van der Waals surface area contributed by atoms with Gasteiger partial charge in [0.05, 0.1) is 11.0 Å². The van der Waals surface area contributed by atoms with Crippen LogP contribution in [0, 0.1) is 0 Å². The first-order chi connectivity index (χ1) is 10.3. The van der Waals surface area contributed by atoms with Crippen LogP contribution < -0.4 is 5.32 Å². The maximum atomic E-state index is 12.7. The van der Waals surface area contributed by atoms with Crippen LogP contribution in [0.2, 0.25) is 0 Å². The molecule has 5 heteroatoms. The Balaban J connectivity index is 1.60. The highest BCUT2D eigenvalue weighted by Gasteiger charge is 2.31. The van der Waals surface area contributed by atoms with Crippen molar-refractivity contribution >= 4 is 16.9 Å². The molecule has 1 amide bonds. The van der Waals surface area contributed by atoms with Gasteiger partial charge in [-0.05, 0) is 37.5 Å². The Morgan fingerprint density at radius 2 is 1.90 bits per heavy atom. The third-order valence-electron chi connectivity index (χ3n) is 4.53. The number of likely N-dealkylation sites (tertiary alicyclic amines) is 1. The SMILES string of the molecule is O=C(c1ccc2nccnc2c1)N1CCC2CCC(C1)N2. The number of hydrogen-bond acceptors (Lipinski definition) is 4. The van der Waals surface area contributed by atoms with Crippen molar-refractivity contribution in [1.82, 2.24) is 20.2 Å². The first-order valence-electron chi connectivity index (χ1n) is 7.56. The summed E-state index contributed by atoms with van der Waals surface area (Å²) in [4.78, 5) is 23.2. The minimum Gasteiger partial charge on any atom is -0.337 e. The fraction of sp³-hybridized carbons (Fsp3) is 0.438. The third kappa shape index (κ3) is 2.38. The van der Waals surface area contributed by atoms with Crippen LogP contribution in [-0.2, 0) is 0 Å². The van der Waals surface area contributed by atoms with Crippen molar-refractivity contribution in [1.29, 1.82) is 0 Å². The lowest BCUT2D eigenvalue weighted by Gasteiger charge is -2.24. The molecule has 2 atom stereocenters. The lowest BCUT2D eigenvalue weighted by molar-refractivity contribution is 0.0748. The topological polar surface area (TPSA) is 58.1 Å². The normalized spacial score (nSPS) is 25.0. The van der Waals surface area contributed by atoms with Gasteiger partial charge in [0.15, 0.2) is 0 Å². The van der Waals surface area contributed by atoms with E-state index < -0.39 is 0 Å². The Bertz CT molecular complexity index is 687. The zero-order valence-electron chi connectivity index (χ0n) is 11.8. The molecular formula is C16H18N4O. The largest absolute Gasteiger partial charge is 0.337 e. The smallest absolute Gasteiger partial charge is 0.253 e. The summed E-state index contributed by atoms with van der Waals surface area (Å²) in [6.07, 6.45) is 6.80. The molecule has 5 nitrogen and oxygen atoms in total. The second-order valence-corrected chi connectivity index (χ2v) is 5.94. The summed E-state index contributed by atoms with van der Waals surface area (Å²) < 4.78 is 0. The molecule has 0 saturated carbocycles. The Labute approximate surface area is 123 Å². The summed E-state index contributed by atoms with van der Waals surface area (Å²) in [7, 11) is 0. The standard InChI is InChI=1S/C16H18N4O/c21-16(20-8-5-12-2-3-13(10-20)19-12)11-1-4-14-15(9-11)18-7-6-17-14/h1,4,6-7,9,12-13,19H,2-3,5,8,10H2. The van der Waals surface area contributed by atoms with Crippen molar-refractivity contribution in [2.75, 3.05) is 13.1 Å². The van der Waals surface area contributed by atoms with E-state index in [-0.39, 0.29) is 5.91 Å². The fourth-order valence-corrected chi connectivity index (χ4v) is 3.41. The highest BCUT2D eigenvalue weighted by Crippen LogP contribution is 2.22. The summed E-state index contributed by atoms with van der Waals surface area (Å²) in [6, 6.07) is 6.63. The second kappa shape index (κ2) is 5.07. The first-order valence-corrected chi connectivity index (χ1v) is 7.56. The number of nitrogens with zero attached hydrogens (tertiary/aromatic N) is 3. The number of carbonyl (C=O) groups is 1. The minimum atomic E-state index is 0.108. The highest BCUT2D eigenvalue weighted by molar-refractivity contribution is 5.97. The maximum absolute atomic E-state index is 12.7. The number of hydrogen-bond donors (Lipinski definition) is 1. The predicted octanol–water partition coefficient (Wildman–Crippen LogP) is 1.60. The van der Waals surface area contributed by atoms with E-state index in [1.807, 2.05) is 23.1 Å². The molecule has 2 bridgehead atoms. The average Bonchev–Trinajstić information content (AvgIpc) is 2.85. The van der Waals surface area contributed by atoms with Crippen LogP contribution in [0.1, 0.15) is 29.6 Å². The van der Waals surface area contributed by atoms with Gasteiger partial charge in [0.2, 0.25) is 0 Å². The van der Waals surface area contributed by atoms with Gasteiger partial charge >= 0.3 is 0 Å². The molecule has 0 radical (unpaired) electrons. The number of benzene rings is 1. The summed E-state index contributed by atoms with van der Waals surface area (Å²) in [5.41, 5.74) is 2.31. The molecule has 2 aliphatic rings. The molecular weight excluding hydrogens is 264 g/mol. The number of fused-ring (bicyclic) bond motifs is 3.